The zero-order chi connectivity index (χ0) is 36.1. The van der Waals surface area contributed by atoms with Gasteiger partial charge >= 0.3 is 11.9 Å². The first-order chi connectivity index (χ1) is 23.0. The first-order valence-electron chi connectivity index (χ1n) is 15.0. The Morgan fingerprint density at radius 1 is 1.06 bits per heavy atom. The van der Waals surface area contributed by atoms with Crippen molar-refractivity contribution < 1.29 is 73.6 Å². The molecule has 6 atom stereocenters. The van der Waals surface area contributed by atoms with Gasteiger partial charge in [-0.1, -0.05) is 12.1 Å². The first kappa shape index (κ1) is 35.2. The number of ketones is 3. The number of rotatable bonds is 9. The van der Waals surface area contributed by atoms with Crippen LogP contribution in [0.3, 0.4) is 0 Å². The third-order valence-electron chi connectivity index (χ3n) is 9.00. The van der Waals surface area contributed by atoms with Gasteiger partial charge in [0.05, 0.1) is 54.0 Å². The van der Waals surface area contributed by atoms with Crippen molar-refractivity contribution >= 4 is 35.2 Å². The SMILES string of the molecule is COc1cccc2c1C(=O)c1c(O)c3c(c(O)c1C2=O)C[C@@](O)(C(C)=O)C[C@@H]3O[C@H]1C[C@H](NC(=O)/C=C(/CC(=O)O)C(=O)O)[C@H](O)[C@H](C)O1. The van der Waals surface area contributed by atoms with E-state index in [9.17, 15) is 54.3 Å². The Bertz CT molecular complexity index is 1830. The molecule has 260 valence electrons. The fourth-order valence-electron chi connectivity index (χ4n) is 6.50. The minimum atomic E-state index is -2.17. The molecule has 2 aromatic carbocycles. The minimum absolute atomic E-state index is 0.0429. The average Bonchev–Trinajstić information content (AvgIpc) is 3.02. The monoisotopic (exact) mass is 683 g/mol. The largest absolute Gasteiger partial charge is 0.507 e. The number of hydrogen-bond donors (Lipinski definition) is 7. The van der Waals surface area contributed by atoms with Crippen LogP contribution in [0.15, 0.2) is 29.8 Å². The van der Waals surface area contributed by atoms with Crippen LogP contribution in [0.2, 0.25) is 0 Å². The topological polar surface area (TPSA) is 264 Å². The molecule has 7 N–H and O–H groups in total. The van der Waals surface area contributed by atoms with E-state index < -0.39 is 119 Å². The summed E-state index contributed by atoms with van der Waals surface area (Å²) in [4.78, 5) is 75.2. The maximum Gasteiger partial charge on any atom is 0.332 e. The Morgan fingerprint density at radius 3 is 2.35 bits per heavy atom. The molecule has 1 amide bonds. The van der Waals surface area contributed by atoms with Gasteiger partial charge in [-0.25, -0.2) is 4.79 Å². The fourth-order valence-corrected chi connectivity index (χ4v) is 6.50. The molecule has 1 saturated heterocycles. The highest BCUT2D eigenvalue weighted by atomic mass is 16.7. The van der Waals surface area contributed by atoms with E-state index in [1.54, 1.807) is 0 Å². The maximum atomic E-state index is 13.8. The number of aromatic hydroxyl groups is 2. The second-order valence-electron chi connectivity index (χ2n) is 12.1. The summed E-state index contributed by atoms with van der Waals surface area (Å²) in [6, 6.07) is 3.11. The number of aliphatic hydroxyl groups excluding tert-OH is 1. The molecule has 2 aromatic rings. The van der Waals surface area contributed by atoms with Crippen LogP contribution >= 0.6 is 0 Å². The van der Waals surface area contributed by atoms with E-state index in [0.29, 0.717) is 6.08 Å². The van der Waals surface area contributed by atoms with Crippen molar-refractivity contribution in [2.24, 2.45) is 0 Å². The van der Waals surface area contributed by atoms with E-state index in [1.165, 1.54) is 32.2 Å². The Labute approximate surface area is 277 Å². The summed E-state index contributed by atoms with van der Waals surface area (Å²) in [5, 5.41) is 65.8. The second-order valence-corrected chi connectivity index (χ2v) is 12.1. The number of amides is 1. The molecular formula is C33H33NO15. The van der Waals surface area contributed by atoms with Crippen LogP contribution in [-0.4, -0.2) is 103 Å². The second kappa shape index (κ2) is 13.0. The summed E-state index contributed by atoms with van der Waals surface area (Å²) in [5.41, 5.74) is -4.63. The number of phenols is 2. The van der Waals surface area contributed by atoms with Crippen molar-refractivity contribution in [3.05, 3.63) is 63.2 Å². The number of benzene rings is 2. The van der Waals surface area contributed by atoms with Crippen LogP contribution in [0.1, 0.15) is 82.2 Å². The van der Waals surface area contributed by atoms with Gasteiger partial charge in [-0.2, -0.15) is 0 Å². The molecular weight excluding hydrogens is 650 g/mol. The number of hydrogen-bond acceptors (Lipinski definition) is 13. The normalized spacial score (nSPS) is 26.2. The quantitative estimate of drug-likeness (QED) is 0.121. The molecule has 49 heavy (non-hydrogen) atoms. The van der Waals surface area contributed by atoms with Crippen molar-refractivity contribution in [3.63, 3.8) is 0 Å². The number of aliphatic hydroxyl groups is 2. The highest BCUT2D eigenvalue weighted by molar-refractivity contribution is 6.31. The smallest absolute Gasteiger partial charge is 0.332 e. The lowest BCUT2D eigenvalue weighted by molar-refractivity contribution is -0.249. The van der Waals surface area contributed by atoms with Gasteiger partial charge in [0.25, 0.3) is 0 Å². The number of carbonyl (C=O) groups excluding carboxylic acids is 4. The molecule has 0 unspecified atom stereocenters. The van der Waals surface area contributed by atoms with E-state index in [2.05, 4.69) is 5.32 Å². The van der Waals surface area contributed by atoms with Crippen LogP contribution in [0.4, 0.5) is 0 Å². The Balaban J connectivity index is 1.53. The van der Waals surface area contributed by atoms with Crippen LogP contribution in [-0.2, 0) is 35.1 Å². The number of nitrogens with one attached hydrogen (secondary N) is 1. The number of fused-ring (bicyclic) bond motifs is 3. The van der Waals surface area contributed by atoms with E-state index in [4.69, 9.17) is 19.3 Å². The van der Waals surface area contributed by atoms with Crippen LogP contribution in [0.5, 0.6) is 17.2 Å². The van der Waals surface area contributed by atoms with Gasteiger partial charge < -0.3 is 50.2 Å². The lowest BCUT2D eigenvalue weighted by Gasteiger charge is -2.42. The summed E-state index contributed by atoms with van der Waals surface area (Å²) in [5.74, 6) is -7.99. The third-order valence-corrected chi connectivity index (χ3v) is 9.00. The van der Waals surface area contributed by atoms with Crippen LogP contribution in [0, 0.1) is 0 Å². The number of Topliss-reactive ketones (excluding diaryl/α,β-unsaturated/α-hetero) is 1. The molecule has 1 fully saturated rings. The molecule has 0 bridgehead atoms. The molecule has 16 heteroatoms. The summed E-state index contributed by atoms with van der Waals surface area (Å²) in [6.45, 7) is 2.52. The van der Waals surface area contributed by atoms with E-state index in [0.717, 1.165) is 6.92 Å². The highest BCUT2D eigenvalue weighted by Gasteiger charge is 2.49. The number of carbonyl (C=O) groups is 6. The molecule has 16 nitrogen and oxygen atoms in total. The highest BCUT2D eigenvalue weighted by Crippen LogP contribution is 2.52. The molecule has 0 aromatic heterocycles. The predicted molar refractivity (Wildman–Crippen MR) is 162 cm³/mol. The molecule has 1 heterocycles. The molecule has 3 aliphatic rings. The molecule has 2 aliphatic carbocycles. The molecule has 1 aliphatic heterocycles. The van der Waals surface area contributed by atoms with E-state index >= 15 is 0 Å². The minimum Gasteiger partial charge on any atom is -0.507 e. The number of aliphatic carboxylic acids is 2. The van der Waals surface area contributed by atoms with Crippen molar-refractivity contribution in [1.82, 2.24) is 5.32 Å². The van der Waals surface area contributed by atoms with Gasteiger partial charge in [-0.3, -0.25) is 24.0 Å². The van der Waals surface area contributed by atoms with Gasteiger partial charge in [0.1, 0.15) is 29.0 Å². The predicted octanol–water partition coefficient (Wildman–Crippen LogP) is 0.672. The van der Waals surface area contributed by atoms with Gasteiger partial charge in [-0.15, -0.1) is 0 Å². The lowest BCUT2D eigenvalue weighted by atomic mass is 9.72. The average molecular weight is 684 g/mol. The van der Waals surface area contributed by atoms with Gasteiger partial charge in [-0.05, 0) is 19.9 Å². The summed E-state index contributed by atoms with van der Waals surface area (Å²) >= 11 is 0. The Hall–Kier alpha value is -5.16. The number of phenolic OH excluding ortho intramolecular Hbond substituents is 2. The zero-order valence-electron chi connectivity index (χ0n) is 26.4. The van der Waals surface area contributed by atoms with Crippen molar-refractivity contribution in [2.45, 2.75) is 75.8 Å². The zero-order valence-corrected chi connectivity index (χ0v) is 26.4. The van der Waals surface area contributed by atoms with E-state index in [1.807, 2.05) is 0 Å². The van der Waals surface area contributed by atoms with Gasteiger partial charge in [0, 0.05) is 42.0 Å². The first-order valence-corrected chi connectivity index (χ1v) is 15.0. The number of methoxy groups -OCH3 is 1. The third kappa shape index (κ3) is 6.26. The molecule has 0 saturated carbocycles. The fraction of sp³-hybridized carbons (Fsp3) is 0.394. The Morgan fingerprint density at radius 2 is 1.73 bits per heavy atom. The number of carboxylic acids is 2. The van der Waals surface area contributed by atoms with Crippen molar-refractivity contribution in [1.29, 1.82) is 0 Å². The lowest BCUT2D eigenvalue weighted by Crippen LogP contribution is -2.55. The number of ether oxygens (including phenoxy) is 3. The maximum absolute atomic E-state index is 13.8. The molecule has 5 rings (SSSR count). The summed E-state index contributed by atoms with van der Waals surface area (Å²) in [7, 11) is 1.29. The molecule has 0 radical (unpaired) electrons. The Kier molecular flexibility index (Phi) is 9.35. The number of carboxylic acid groups (broad SMARTS) is 2. The standard InChI is InChI=1S/C33H33NO15/c1-12-27(39)17(34-20(36)7-14(32(44)45)8-21(37)38)9-22(48-12)49-19-11-33(46,13(2)35)10-16-24(19)31(43)26-25(29(16)41)28(40)15-5-4-6-18(47-3)23(15)30(26)42/h4-7,12,17,19,22,27,39,41,43,46H,8-11H2,1-3H3,(H,34,36)(H,37,38)(H,44,45)/b14-7-/t12-,17-,19-,22-,27+,33-/m0/s1. The van der Waals surface area contributed by atoms with Crippen molar-refractivity contribution in [3.8, 4) is 17.2 Å². The van der Waals surface area contributed by atoms with Gasteiger partial charge in [0.2, 0.25) is 11.7 Å². The van der Waals surface area contributed by atoms with Crippen LogP contribution in [0.25, 0.3) is 0 Å². The van der Waals surface area contributed by atoms with E-state index in [-0.39, 0.29) is 34.4 Å². The van der Waals surface area contributed by atoms with Crippen LogP contribution < -0.4 is 10.1 Å². The van der Waals surface area contributed by atoms with Gasteiger partial charge in [0.15, 0.2) is 17.9 Å². The van der Waals surface area contributed by atoms with Crippen molar-refractivity contribution in [2.75, 3.05) is 7.11 Å². The summed E-state index contributed by atoms with van der Waals surface area (Å²) < 4.78 is 17.2. The summed E-state index contributed by atoms with van der Waals surface area (Å²) in [6.07, 6.45) is -6.94. The molecule has 0 spiro atoms.